The van der Waals surface area contributed by atoms with E-state index in [0.717, 1.165) is 31.1 Å². The van der Waals surface area contributed by atoms with Crippen molar-refractivity contribution in [2.75, 3.05) is 59.4 Å². The lowest BCUT2D eigenvalue weighted by Crippen LogP contribution is -2.35. The first-order valence-electron chi connectivity index (χ1n) is 6.98. The minimum atomic E-state index is -0.0558. The number of amides is 1. The Bertz CT molecular complexity index is 409. The molecule has 6 nitrogen and oxygen atoms in total. The molecule has 1 rings (SSSR count). The predicted octanol–water partition coefficient (Wildman–Crippen LogP) is 0.802. The Balaban J connectivity index is 2.16. The highest BCUT2D eigenvalue weighted by atomic mass is 16.5. The molecule has 0 aliphatic carbocycles. The average molecular weight is 295 g/mol. The first kappa shape index (κ1) is 17.4. The van der Waals surface area contributed by atoms with Gasteiger partial charge in [0.15, 0.2) is 0 Å². The second-order valence-electron chi connectivity index (χ2n) is 4.75. The fourth-order valence-corrected chi connectivity index (χ4v) is 1.71. The van der Waals surface area contributed by atoms with Gasteiger partial charge in [0.2, 0.25) is 5.91 Å². The van der Waals surface area contributed by atoms with Crippen molar-refractivity contribution in [2.24, 2.45) is 0 Å². The summed E-state index contributed by atoms with van der Waals surface area (Å²) in [7, 11) is 5.33. The van der Waals surface area contributed by atoms with Crippen LogP contribution in [0.25, 0.3) is 0 Å². The van der Waals surface area contributed by atoms with Gasteiger partial charge in [-0.2, -0.15) is 0 Å². The van der Waals surface area contributed by atoms with Crippen LogP contribution >= 0.6 is 0 Å². The second kappa shape index (κ2) is 10.1. The molecule has 0 saturated carbocycles. The van der Waals surface area contributed by atoms with Crippen molar-refractivity contribution in [3.05, 3.63) is 24.3 Å². The van der Waals surface area contributed by atoms with E-state index in [0.29, 0.717) is 13.2 Å². The average Bonchev–Trinajstić information content (AvgIpc) is 2.50. The van der Waals surface area contributed by atoms with E-state index in [-0.39, 0.29) is 5.91 Å². The molecule has 0 aliphatic rings. The predicted molar refractivity (Wildman–Crippen MR) is 83.9 cm³/mol. The number of ether oxygens (including phenoxy) is 2. The van der Waals surface area contributed by atoms with Crippen LogP contribution in [-0.4, -0.2) is 64.9 Å². The maximum Gasteiger partial charge on any atom is 0.238 e. The largest absolute Gasteiger partial charge is 0.497 e. The highest BCUT2D eigenvalue weighted by molar-refractivity contribution is 5.92. The van der Waals surface area contributed by atoms with Crippen molar-refractivity contribution in [2.45, 2.75) is 0 Å². The van der Waals surface area contributed by atoms with Crippen molar-refractivity contribution < 1.29 is 14.3 Å². The number of anilines is 1. The van der Waals surface area contributed by atoms with Gasteiger partial charge in [0.25, 0.3) is 0 Å². The number of hydrogen-bond donors (Lipinski definition) is 2. The number of carbonyl (C=O) groups is 1. The first-order chi connectivity index (χ1) is 10.2. The van der Waals surface area contributed by atoms with Gasteiger partial charge in [-0.3, -0.25) is 4.79 Å². The van der Waals surface area contributed by atoms with Crippen molar-refractivity contribution in [3.8, 4) is 5.75 Å². The van der Waals surface area contributed by atoms with Gasteiger partial charge in [0.1, 0.15) is 5.75 Å². The molecule has 0 heterocycles. The van der Waals surface area contributed by atoms with Gasteiger partial charge in [0, 0.05) is 32.4 Å². The number of benzene rings is 1. The third-order valence-corrected chi connectivity index (χ3v) is 3.01. The quantitative estimate of drug-likeness (QED) is 0.625. The maximum absolute atomic E-state index is 11.7. The third kappa shape index (κ3) is 7.65. The van der Waals surface area contributed by atoms with Gasteiger partial charge in [-0.1, -0.05) is 0 Å². The van der Waals surface area contributed by atoms with Crippen molar-refractivity contribution in [1.29, 1.82) is 0 Å². The monoisotopic (exact) mass is 295 g/mol. The number of nitrogens with one attached hydrogen (secondary N) is 2. The molecule has 1 amide bonds. The topological polar surface area (TPSA) is 62.8 Å². The van der Waals surface area contributed by atoms with E-state index in [1.165, 1.54) is 0 Å². The van der Waals surface area contributed by atoms with Crippen LogP contribution < -0.4 is 15.4 Å². The Labute approximate surface area is 126 Å². The highest BCUT2D eigenvalue weighted by Crippen LogP contribution is 2.14. The molecule has 6 heteroatoms. The van der Waals surface area contributed by atoms with Crippen LogP contribution in [0.3, 0.4) is 0 Å². The maximum atomic E-state index is 11.7. The van der Waals surface area contributed by atoms with E-state index in [1.54, 1.807) is 14.2 Å². The molecule has 0 unspecified atom stereocenters. The number of nitrogens with zero attached hydrogens (tertiary/aromatic N) is 1. The van der Waals surface area contributed by atoms with E-state index in [1.807, 2.05) is 31.3 Å². The molecule has 0 spiro atoms. The summed E-state index contributed by atoms with van der Waals surface area (Å²) in [4.78, 5) is 13.9. The number of carbonyl (C=O) groups excluding carboxylic acids is 1. The Morgan fingerprint density at radius 2 is 1.90 bits per heavy atom. The summed E-state index contributed by atoms with van der Waals surface area (Å²) in [6.07, 6.45) is 0. The lowest BCUT2D eigenvalue weighted by molar-refractivity contribution is -0.115. The highest BCUT2D eigenvalue weighted by Gasteiger charge is 2.03. The molecule has 1 aromatic carbocycles. The Morgan fingerprint density at radius 1 is 1.19 bits per heavy atom. The SMILES string of the molecule is COCCN(C)CCNCC(=O)Nc1ccc(OC)cc1. The summed E-state index contributed by atoms with van der Waals surface area (Å²) in [5, 5.41) is 5.94. The van der Waals surface area contributed by atoms with Gasteiger partial charge in [0.05, 0.1) is 20.3 Å². The van der Waals surface area contributed by atoms with Gasteiger partial charge in [-0.05, 0) is 31.3 Å². The van der Waals surface area contributed by atoms with E-state index in [4.69, 9.17) is 9.47 Å². The van der Waals surface area contributed by atoms with Crippen LogP contribution in [0.2, 0.25) is 0 Å². The molecule has 0 radical (unpaired) electrons. The van der Waals surface area contributed by atoms with Crippen molar-refractivity contribution in [1.82, 2.24) is 10.2 Å². The van der Waals surface area contributed by atoms with Gasteiger partial charge < -0.3 is 25.0 Å². The minimum absolute atomic E-state index is 0.0558. The Hall–Kier alpha value is -1.63. The van der Waals surface area contributed by atoms with Crippen LogP contribution in [0, 0.1) is 0 Å². The van der Waals surface area contributed by atoms with Crippen LogP contribution in [-0.2, 0) is 9.53 Å². The summed E-state index contributed by atoms with van der Waals surface area (Å²) in [5.41, 5.74) is 0.764. The van der Waals surface area contributed by atoms with Gasteiger partial charge >= 0.3 is 0 Å². The van der Waals surface area contributed by atoms with Crippen molar-refractivity contribution in [3.63, 3.8) is 0 Å². The molecule has 0 bridgehead atoms. The molecule has 1 aromatic rings. The van der Waals surface area contributed by atoms with E-state index in [9.17, 15) is 4.79 Å². The minimum Gasteiger partial charge on any atom is -0.497 e. The molecule has 21 heavy (non-hydrogen) atoms. The second-order valence-corrected chi connectivity index (χ2v) is 4.75. The lowest BCUT2D eigenvalue weighted by Gasteiger charge is -2.16. The van der Waals surface area contributed by atoms with E-state index < -0.39 is 0 Å². The molecule has 2 N–H and O–H groups in total. The van der Waals surface area contributed by atoms with Crippen LogP contribution in [0.4, 0.5) is 5.69 Å². The summed E-state index contributed by atoms with van der Waals surface area (Å²) in [6.45, 7) is 3.53. The molecule has 0 aliphatic heterocycles. The zero-order valence-electron chi connectivity index (χ0n) is 13.0. The normalized spacial score (nSPS) is 10.7. The Kier molecular flexibility index (Phi) is 8.42. The molecule has 118 valence electrons. The molecule has 0 fully saturated rings. The summed E-state index contributed by atoms with van der Waals surface area (Å²) in [6, 6.07) is 7.26. The zero-order chi connectivity index (χ0) is 15.5. The fourth-order valence-electron chi connectivity index (χ4n) is 1.71. The van der Waals surface area contributed by atoms with E-state index >= 15 is 0 Å². The Morgan fingerprint density at radius 3 is 2.52 bits per heavy atom. The first-order valence-corrected chi connectivity index (χ1v) is 6.98. The summed E-state index contributed by atoms with van der Waals surface area (Å²) < 4.78 is 10.1. The van der Waals surface area contributed by atoms with Crippen LogP contribution in [0.15, 0.2) is 24.3 Å². The number of rotatable bonds is 10. The number of hydrogen-bond acceptors (Lipinski definition) is 5. The molecular weight excluding hydrogens is 270 g/mol. The van der Waals surface area contributed by atoms with Crippen LogP contribution in [0.5, 0.6) is 5.75 Å². The summed E-state index contributed by atoms with van der Waals surface area (Å²) >= 11 is 0. The van der Waals surface area contributed by atoms with Gasteiger partial charge in [-0.25, -0.2) is 0 Å². The number of likely N-dealkylation sites (N-methyl/N-ethyl adjacent to an activating group) is 1. The molecule has 0 atom stereocenters. The van der Waals surface area contributed by atoms with Crippen LogP contribution in [0.1, 0.15) is 0 Å². The fraction of sp³-hybridized carbons (Fsp3) is 0.533. The van der Waals surface area contributed by atoms with Gasteiger partial charge in [-0.15, -0.1) is 0 Å². The van der Waals surface area contributed by atoms with Crippen molar-refractivity contribution >= 4 is 11.6 Å². The molecular formula is C15H25N3O3. The zero-order valence-corrected chi connectivity index (χ0v) is 13.0. The van der Waals surface area contributed by atoms with E-state index in [2.05, 4.69) is 15.5 Å². The third-order valence-electron chi connectivity index (χ3n) is 3.01. The lowest BCUT2D eigenvalue weighted by atomic mass is 10.3. The molecule has 0 saturated heterocycles. The molecule has 0 aromatic heterocycles. The standard InChI is InChI=1S/C15H25N3O3/c1-18(10-11-20-2)9-8-16-12-15(19)17-13-4-6-14(21-3)7-5-13/h4-7,16H,8-12H2,1-3H3,(H,17,19). The summed E-state index contributed by atoms with van der Waals surface area (Å²) in [5.74, 6) is 0.713. The smallest absolute Gasteiger partial charge is 0.238 e. The number of methoxy groups -OCH3 is 2.